The summed E-state index contributed by atoms with van der Waals surface area (Å²) in [5.74, 6) is -0.868. The van der Waals surface area contributed by atoms with Crippen molar-refractivity contribution in [1.29, 1.82) is 0 Å². The van der Waals surface area contributed by atoms with Crippen molar-refractivity contribution in [2.75, 3.05) is 13.1 Å². The van der Waals surface area contributed by atoms with Gasteiger partial charge in [0.1, 0.15) is 11.6 Å². The van der Waals surface area contributed by atoms with Crippen LogP contribution >= 0.6 is 0 Å². The van der Waals surface area contributed by atoms with Crippen LogP contribution in [0.25, 0.3) is 0 Å². The molecule has 2 fully saturated rings. The second-order valence-electron chi connectivity index (χ2n) is 6.32. The lowest BCUT2D eigenvalue weighted by Crippen LogP contribution is -2.62. The highest BCUT2D eigenvalue weighted by Crippen LogP contribution is 2.33. The highest BCUT2D eigenvalue weighted by molar-refractivity contribution is 5.20. The summed E-state index contributed by atoms with van der Waals surface area (Å²) in [7, 11) is 0. The van der Waals surface area contributed by atoms with Gasteiger partial charge in [-0.15, -0.1) is 0 Å². The number of benzene rings is 1. The van der Waals surface area contributed by atoms with E-state index in [9.17, 15) is 8.78 Å². The molecule has 0 aromatic heterocycles. The molecule has 4 heteroatoms. The molecular formula is C16H22F2N2. The van der Waals surface area contributed by atoms with Gasteiger partial charge in [0.05, 0.1) is 0 Å². The molecule has 110 valence electrons. The summed E-state index contributed by atoms with van der Waals surface area (Å²) in [5, 5.41) is 3.66. The predicted octanol–water partition coefficient (Wildman–Crippen LogP) is 3.07. The van der Waals surface area contributed by atoms with E-state index in [0.717, 1.165) is 13.1 Å². The number of rotatable bonds is 2. The molecule has 2 nitrogen and oxygen atoms in total. The predicted molar refractivity (Wildman–Crippen MR) is 75.4 cm³/mol. The van der Waals surface area contributed by atoms with Crippen LogP contribution in [0.4, 0.5) is 8.78 Å². The van der Waals surface area contributed by atoms with Crippen molar-refractivity contribution in [3.05, 3.63) is 35.4 Å². The largest absolute Gasteiger partial charge is 0.308 e. The third-order valence-electron chi connectivity index (χ3n) is 4.89. The summed E-state index contributed by atoms with van der Waals surface area (Å²) in [6.07, 6.45) is 4.86. The minimum Gasteiger partial charge on any atom is -0.308 e. The fraction of sp³-hybridized carbons (Fsp3) is 0.625. The standard InChI is InChI=1S/C16H22F2N2/c1-12-9-19-16(7-2-3-8-16)11-20(12)10-13-14(17)5-4-6-15(13)18/h4-6,12,19H,2-3,7-11H2,1H3. The first-order valence-corrected chi connectivity index (χ1v) is 7.52. The molecule has 1 aliphatic heterocycles. The quantitative estimate of drug-likeness (QED) is 0.895. The maximum atomic E-state index is 13.8. The van der Waals surface area contributed by atoms with E-state index in [4.69, 9.17) is 0 Å². The molecule has 0 bridgehead atoms. The van der Waals surface area contributed by atoms with Crippen LogP contribution in [0, 0.1) is 11.6 Å². The number of hydrogen-bond acceptors (Lipinski definition) is 2. The van der Waals surface area contributed by atoms with E-state index in [1.54, 1.807) is 0 Å². The van der Waals surface area contributed by atoms with Crippen LogP contribution in [0.15, 0.2) is 18.2 Å². The van der Waals surface area contributed by atoms with Crippen LogP contribution in [-0.2, 0) is 6.54 Å². The van der Waals surface area contributed by atoms with Gasteiger partial charge in [0, 0.05) is 36.8 Å². The highest BCUT2D eigenvalue weighted by Gasteiger charge is 2.40. The Morgan fingerprint density at radius 3 is 2.55 bits per heavy atom. The number of nitrogens with zero attached hydrogens (tertiary/aromatic N) is 1. The van der Waals surface area contributed by atoms with Crippen molar-refractivity contribution in [1.82, 2.24) is 10.2 Å². The summed E-state index contributed by atoms with van der Waals surface area (Å²) < 4.78 is 27.6. The molecule has 0 amide bonds. The Bertz CT molecular complexity index is 463. The van der Waals surface area contributed by atoms with Gasteiger partial charge in [0.25, 0.3) is 0 Å². The SMILES string of the molecule is CC1CNC2(CCCC2)CN1Cc1c(F)cccc1F. The maximum absolute atomic E-state index is 13.8. The highest BCUT2D eigenvalue weighted by atomic mass is 19.1. The first kappa shape index (κ1) is 14.0. The summed E-state index contributed by atoms with van der Waals surface area (Å²) in [5.41, 5.74) is 0.378. The summed E-state index contributed by atoms with van der Waals surface area (Å²) in [6, 6.07) is 4.42. The molecule has 1 atom stereocenters. The van der Waals surface area contributed by atoms with Gasteiger partial charge >= 0.3 is 0 Å². The maximum Gasteiger partial charge on any atom is 0.130 e. The fourth-order valence-corrected chi connectivity index (χ4v) is 3.58. The van der Waals surface area contributed by atoms with E-state index in [1.807, 2.05) is 0 Å². The van der Waals surface area contributed by atoms with Crippen molar-refractivity contribution in [2.45, 2.75) is 50.7 Å². The van der Waals surface area contributed by atoms with Gasteiger partial charge in [0.2, 0.25) is 0 Å². The van der Waals surface area contributed by atoms with E-state index in [-0.39, 0.29) is 11.1 Å². The summed E-state index contributed by atoms with van der Waals surface area (Å²) in [4.78, 5) is 2.23. The van der Waals surface area contributed by atoms with Gasteiger partial charge in [0.15, 0.2) is 0 Å². The van der Waals surface area contributed by atoms with E-state index in [2.05, 4.69) is 17.1 Å². The molecule has 2 aliphatic rings. The van der Waals surface area contributed by atoms with Gasteiger partial charge < -0.3 is 5.32 Å². The minimum absolute atomic E-state index is 0.175. The van der Waals surface area contributed by atoms with Crippen molar-refractivity contribution in [2.24, 2.45) is 0 Å². The first-order valence-electron chi connectivity index (χ1n) is 7.52. The van der Waals surface area contributed by atoms with Crippen LogP contribution in [0.5, 0.6) is 0 Å². The topological polar surface area (TPSA) is 15.3 Å². The smallest absolute Gasteiger partial charge is 0.130 e. The van der Waals surface area contributed by atoms with Crippen molar-refractivity contribution in [3.63, 3.8) is 0 Å². The molecule has 1 heterocycles. The average Bonchev–Trinajstić information content (AvgIpc) is 2.87. The van der Waals surface area contributed by atoms with Gasteiger partial charge in [-0.3, -0.25) is 4.90 Å². The Labute approximate surface area is 119 Å². The van der Waals surface area contributed by atoms with Gasteiger partial charge in [-0.25, -0.2) is 8.78 Å². The Morgan fingerprint density at radius 2 is 1.90 bits per heavy atom. The lowest BCUT2D eigenvalue weighted by Gasteiger charge is -2.45. The molecule has 20 heavy (non-hydrogen) atoms. The van der Waals surface area contributed by atoms with Crippen molar-refractivity contribution in [3.8, 4) is 0 Å². The molecular weight excluding hydrogens is 258 g/mol. The second kappa shape index (κ2) is 5.41. The van der Waals surface area contributed by atoms with E-state index in [0.29, 0.717) is 12.6 Å². The Morgan fingerprint density at radius 1 is 1.25 bits per heavy atom. The van der Waals surface area contributed by atoms with Crippen LogP contribution in [0.2, 0.25) is 0 Å². The Balaban J connectivity index is 1.78. The molecule has 1 saturated carbocycles. The van der Waals surface area contributed by atoms with E-state index in [1.165, 1.54) is 43.9 Å². The van der Waals surface area contributed by atoms with Gasteiger partial charge in [-0.2, -0.15) is 0 Å². The van der Waals surface area contributed by atoms with Crippen molar-refractivity contribution < 1.29 is 8.78 Å². The number of halogens is 2. The molecule has 1 aromatic carbocycles. The monoisotopic (exact) mass is 280 g/mol. The van der Waals surface area contributed by atoms with E-state index >= 15 is 0 Å². The minimum atomic E-state index is -0.434. The Kier molecular flexibility index (Phi) is 3.78. The number of hydrogen-bond donors (Lipinski definition) is 1. The molecule has 1 N–H and O–H groups in total. The van der Waals surface area contributed by atoms with Crippen LogP contribution < -0.4 is 5.32 Å². The second-order valence-corrected chi connectivity index (χ2v) is 6.32. The van der Waals surface area contributed by atoms with Crippen LogP contribution in [-0.4, -0.2) is 29.6 Å². The Hall–Kier alpha value is -1.00. The zero-order chi connectivity index (χ0) is 14.2. The third-order valence-corrected chi connectivity index (χ3v) is 4.89. The number of nitrogens with one attached hydrogen (secondary N) is 1. The third kappa shape index (κ3) is 2.59. The molecule has 1 aliphatic carbocycles. The molecule has 1 saturated heterocycles. The van der Waals surface area contributed by atoms with Crippen LogP contribution in [0.1, 0.15) is 38.2 Å². The summed E-state index contributed by atoms with van der Waals surface area (Å²) in [6.45, 7) is 4.27. The molecule has 1 spiro atoms. The molecule has 0 radical (unpaired) electrons. The molecule has 1 unspecified atom stereocenters. The molecule has 3 rings (SSSR count). The van der Waals surface area contributed by atoms with Crippen LogP contribution in [0.3, 0.4) is 0 Å². The zero-order valence-electron chi connectivity index (χ0n) is 12.0. The number of piperazine rings is 1. The summed E-state index contributed by atoms with van der Waals surface area (Å²) >= 11 is 0. The lowest BCUT2D eigenvalue weighted by atomic mass is 9.92. The zero-order valence-corrected chi connectivity index (χ0v) is 12.0. The fourth-order valence-electron chi connectivity index (χ4n) is 3.58. The average molecular weight is 280 g/mol. The van der Waals surface area contributed by atoms with Gasteiger partial charge in [-0.05, 0) is 31.9 Å². The van der Waals surface area contributed by atoms with E-state index < -0.39 is 11.6 Å². The van der Waals surface area contributed by atoms with Crippen molar-refractivity contribution >= 4 is 0 Å². The first-order chi connectivity index (χ1) is 9.60. The molecule has 1 aromatic rings. The lowest BCUT2D eigenvalue weighted by molar-refractivity contribution is 0.0806. The normalized spacial score (nSPS) is 26.2. The van der Waals surface area contributed by atoms with Gasteiger partial charge in [-0.1, -0.05) is 18.9 Å².